The number of anilines is 1. The molecule has 24 heavy (non-hydrogen) atoms. The molecular formula is C17H16Br2N2O3. The Hall–Kier alpha value is -1.86. The molecule has 0 atom stereocenters. The van der Waals surface area contributed by atoms with E-state index in [0.29, 0.717) is 17.0 Å². The highest BCUT2D eigenvalue weighted by atomic mass is 79.9. The van der Waals surface area contributed by atoms with E-state index in [0.717, 1.165) is 8.95 Å². The number of hydrogen-bond donors (Lipinski definition) is 1. The van der Waals surface area contributed by atoms with Crippen molar-refractivity contribution in [3.05, 3.63) is 57.0 Å². The molecule has 0 aliphatic carbocycles. The molecule has 0 spiro atoms. The summed E-state index contributed by atoms with van der Waals surface area (Å²) in [5, 5.41) is 2.71. The Kier molecular flexibility index (Phi) is 6.39. The quantitative estimate of drug-likeness (QED) is 0.742. The van der Waals surface area contributed by atoms with Gasteiger partial charge in [-0.15, -0.1) is 0 Å². The number of carbonyl (C=O) groups excluding carboxylic acids is 2. The van der Waals surface area contributed by atoms with Crippen LogP contribution in [0.15, 0.2) is 51.4 Å². The number of ether oxygens (including phenoxy) is 1. The van der Waals surface area contributed by atoms with Gasteiger partial charge in [-0.3, -0.25) is 9.59 Å². The van der Waals surface area contributed by atoms with E-state index in [9.17, 15) is 9.59 Å². The zero-order valence-corrected chi connectivity index (χ0v) is 16.3. The summed E-state index contributed by atoms with van der Waals surface area (Å²) in [4.78, 5) is 25.7. The van der Waals surface area contributed by atoms with Crippen LogP contribution >= 0.6 is 31.9 Å². The minimum absolute atomic E-state index is 0.162. The first-order valence-corrected chi connectivity index (χ1v) is 8.65. The van der Waals surface area contributed by atoms with E-state index < -0.39 is 0 Å². The predicted molar refractivity (Wildman–Crippen MR) is 100 cm³/mol. The maximum Gasteiger partial charge on any atom is 0.262 e. The molecule has 2 rings (SSSR count). The van der Waals surface area contributed by atoms with Gasteiger partial charge in [0.05, 0.1) is 15.7 Å². The van der Waals surface area contributed by atoms with Crippen molar-refractivity contribution in [2.75, 3.05) is 26.0 Å². The molecule has 2 amide bonds. The Labute approximate surface area is 157 Å². The molecule has 0 radical (unpaired) electrons. The van der Waals surface area contributed by atoms with Crippen molar-refractivity contribution in [1.29, 1.82) is 0 Å². The minimum atomic E-state index is -0.344. The Morgan fingerprint density at radius 2 is 1.83 bits per heavy atom. The van der Waals surface area contributed by atoms with Crippen LogP contribution in [0.3, 0.4) is 0 Å². The van der Waals surface area contributed by atoms with Crippen molar-refractivity contribution in [3.8, 4) is 5.75 Å². The van der Waals surface area contributed by atoms with Crippen LogP contribution in [0.25, 0.3) is 0 Å². The third-order valence-corrected chi connectivity index (χ3v) is 4.20. The monoisotopic (exact) mass is 454 g/mol. The van der Waals surface area contributed by atoms with Gasteiger partial charge >= 0.3 is 0 Å². The summed E-state index contributed by atoms with van der Waals surface area (Å²) in [6, 6.07) is 12.3. The van der Waals surface area contributed by atoms with E-state index in [4.69, 9.17) is 4.74 Å². The Morgan fingerprint density at radius 1 is 1.12 bits per heavy atom. The van der Waals surface area contributed by atoms with Gasteiger partial charge in [-0.25, -0.2) is 0 Å². The van der Waals surface area contributed by atoms with Crippen LogP contribution in [-0.4, -0.2) is 37.4 Å². The summed E-state index contributed by atoms with van der Waals surface area (Å²) in [6.45, 7) is -0.162. The molecule has 0 aliphatic rings. The van der Waals surface area contributed by atoms with Gasteiger partial charge < -0.3 is 15.0 Å². The standard InChI is InChI=1S/C17H16Br2N2O3/c1-21(2)17(23)12-5-3-4-6-14(12)20-16(22)10-24-15-8-7-11(18)9-13(15)19/h3-9H,10H2,1-2H3,(H,20,22). The SMILES string of the molecule is CN(C)C(=O)c1ccccc1NC(=O)COc1ccc(Br)cc1Br. The van der Waals surface area contributed by atoms with Gasteiger partial charge in [0.2, 0.25) is 0 Å². The average molecular weight is 456 g/mol. The lowest BCUT2D eigenvalue weighted by Crippen LogP contribution is -2.25. The van der Waals surface area contributed by atoms with Gasteiger partial charge in [-0.05, 0) is 46.3 Å². The summed E-state index contributed by atoms with van der Waals surface area (Å²) < 4.78 is 7.15. The molecule has 0 unspecified atom stereocenters. The van der Waals surface area contributed by atoms with Crippen molar-refractivity contribution in [2.45, 2.75) is 0 Å². The number of carbonyl (C=O) groups is 2. The molecule has 5 nitrogen and oxygen atoms in total. The van der Waals surface area contributed by atoms with Crippen molar-refractivity contribution in [2.24, 2.45) is 0 Å². The Balaban J connectivity index is 2.04. The fourth-order valence-electron chi connectivity index (χ4n) is 1.94. The number of hydrogen-bond acceptors (Lipinski definition) is 3. The van der Waals surface area contributed by atoms with Crippen molar-refractivity contribution in [3.63, 3.8) is 0 Å². The van der Waals surface area contributed by atoms with Crippen LogP contribution in [0.1, 0.15) is 10.4 Å². The number of halogens is 2. The molecule has 0 heterocycles. The Morgan fingerprint density at radius 3 is 2.50 bits per heavy atom. The molecule has 7 heteroatoms. The predicted octanol–water partition coefficient (Wildman–Crippen LogP) is 3.93. The van der Waals surface area contributed by atoms with Gasteiger partial charge in [0.1, 0.15) is 5.75 Å². The molecule has 0 bridgehead atoms. The summed E-state index contributed by atoms with van der Waals surface area (Å²) in [6.07, 6.45) is 0. The lowest BCUT2D eigenvalue weighted by atomic mass is 10.1. The third-order valence-electron chi connectivity index (χ3n) is 3.09. The average Bonchev–Trinajstić information content (AvgIpc) is 2.53. The molecule has 1 N–H and O–H groups in total. The van der Waals surface area contributed by atoms with Crippen LogP contribution < -0.4 is 10.1 Å². The topological polar surface area (TPSA) is 58.6 Å². The highest BCUT2D eigenvalue weighted by molar-refractivity contribution is 9.11. The van der Waals surface area contributed by atoms with Gasteiger partial charge in [-0.2, -0.15) is 0 Å². The molecule has 0 aromatic heterocycles. The van der Waals surface area contributed by atoms with E-state index in [2.05, 4.69) is 37.2 Å². The van der Waals surface area contributed by atoms with Crippen molar-refractivity contribution >= 4 is 49.4 Å². The summed E-state index contributed by atoms with van der Waals surface area (Å²) in [7, 11) is 3.32. The summed E-state index contributed by atoms with van der Waals surface area (Å²) in [5.41, 5.74) is 0.889. The number of nitrogens with zero attached hydrogens (tertiary/aromatic N) is 1. The van der Waals surface area contributed by atoms with Crippen molar-refractivity contribution < 1.29 is 14.3 Å². The fraction of sp³-hybridized carbons (Fsp3) is 0.176. The number of amides is 2. The summed E-state index contributed by atoms with van der Waals surface area (Å²) >= 11 is 6.73. The van der Waals surface area contributed by atoms with Crippen molar-refractivity contribution in [1.82, 2.24) is 4.90 Å². The second-order valence-corrected chi connectivity index (χ2v) is 6.93. The number of nitrogens with one attached hydrogen (secondary N) is 1. The van der Waals surface area contributed by atoms with Gasteiger partial charge in [0, 0.05) is 18.6 Å². The van der Waals surface area contributed by atoms with E-state index in [1.807, 2.05) is 12.1 Å². The molecule has 0 saturated heterocycles. The maximum atomic E-state index is 12.1. The normalized spacial score (nSPS) is 10.2. The molecule has 0 fully saturated rings. The minimum Gasteiger partial charge on any atom is -0.483 e. The zero-order chi connectivity index (χ0) is 17.7. The second-order valence-electron chi connectivity index (χ2n) is 5.16. The van der Waals surface area contributed by atoms with Crippen LogP contribution in [0, 0.1) is 0 Å². The molecular weight excluding hydrogens is 440 g/mol. The van der Waals surface area contributed by atoms with Crippen LogP contribution in [-0.2, 0) is 4.79 Å². The molecule has 0 saturated carbocycles. The van der Waals surface area contributed by atoms with Crippen LogP contribution in [0.5, 0.6) is 5.75 Å². The van der Waals surface area contributed by atoms with Gasteiger partial charge in [0.15, 0.2) is 6.61 Å². The van der Waals surface area contributed by atoms with E-state index in [-0.39, 0.29) is 18.4 Å². The highest BCUT2D eigenvalue weighted by Gasteiger charge is 2.15. The molecule has 126 valence electrons. The van der Waals surface area contributed by atoms with Crippen LogP contribution in [0.4, 0.5) is 5.69 Å². The lowest BCUT2D eigenvalue weighted by Gasteiger charge is -2.15. The van der Waals surface area contributed by atoms with E-state index in [1.165, 1.54) is 4.90 Å². The highest BCUT2D eigenvalue weighted by Crippen LogP contribution is 2.28. The largest absolute Gasteiger partial charge is 0.483 e. The molecule has 2 aromatic rings. The molecule has 0 aliphatic heterocycles. The number of para-hydroxylation sites is 1. The first kappa shape index (κ1) is 18.5. The number of rotatable bonds is 5. The Bertz CT molecular complexity index is 763. The van der Waals surface area contributed by atoms with E-state index >= 15 is 0 Å². The van der Waals surface area contributed by atoms with Gasteiger partial charge in [0.25, 0.3) is 11.8 Å². The fourth-order valence-corrected chi connectivity index (χ4v) is 3.10. The third kappa shape index (κ3) is 4.82. The first-order chi connectivity index (χ1) is 11.4. The zero-order valence-electron chi connectivity index (χ0n) is 13.2. The lowest BCUT2D eigenvalue weighted by molar-refractivity contribution is -0.118. The maximum absolute atomic E-state index is 12.1. The summed E-state index contributed by atoms with van der Waals surface area (Å²) in [5.74, 6) is 0.0392. The smallest absolute Gasteiger partial charge is 0.262 e. The first-order valence-electron chi connectivity index (χ1n) is 7.07. The number of benzene rings is 2. The van der Waals surface area contributed by atoms with Crippen LogP contribution in [0.2, 0.25) is 0 Å². The van der Waals surface area contributed by atoms with Gasteiger partial charge in [-0.1, -0.05) is 28.1 Å². The molecule has 2 aromatic carbocycles. The second kappa shape index (κ2) is 8.30. The van der Waals surface area contributed by atoms with E-state index in [1.54, 1.807) is 44.4 Å².